The van der Waals surface area contributed by atoms with E-state index in [2.05, 4.69) is 18.7 Å². The maximum atomic E-state index is 12.4. The predicted octanol–water partition coefficient (Wildman–Crippen LogP) is 2.35. The molecule has 1 rings (SSSR count). The van der Waals surface area contributed by atoms with Crippen molar-refractivity contribution in [2.24, 2.45) is 5.92 Å². The quantitative estimate of drug-likeness (QED) is 0.771. The van der Waals surface area contributed by atoms with Crippen molar-refractivity contribution in [1.82, 2.24) is 9.80 Å². The van der Waals surface area contributed by atoms with Crippen LogP contribution in [-0.2, 0) is 0 Å². The second kappa shape index (κ2) is 7.17. The van der Waals surface area contributed by atoms with E-state index in [-0.39, 0.29) is 5.91 Å². The van der Waals surface area contributed by atoms with Crippen molar-refractivity contribution in [3.05, 3.63) is 35.9 Å². The highest BCUT2D eigenvalue weighted by atomic mass is 16.2. The minimum absolute atomic E-state index is 0.131. The molecule has 0 saturated carbocycles. The van der Waals surface area contributed by atoms with Gasteiger partial charge in [-0.15, -0.1) is 0 Å². The molecule has 0 unspecified atom stereocenters. The van der Waals surface area contributed by atoms with Gasteiger partial charge in [0.1, 0.15) is 0 Å². The maximum Gasteiger partial charge on any atom is 0.253 e. The van der Waals surface area contributed by atoms with Crippen molar-refractivity contribution in [1.29, 1.82) is 0 Å². The molecule has 0 radical (unpaired) electrons. The van der Waals surface area contributed by atoms with E-state index in [1.54, 1.807) is 0 Å². The normalized spacial score (nSPS) is 11.0. The molecule has 0 fully saturated rings. The Morgan fingerprint density at radius 2 is 1.72 bits per heavy atom. The van der Waals surface area contributed by atoms with Gasteiger partial charge < -0.3 is 9.80 Å². The molecule has 0 atom stereocenters. The number of carbonyl (C=O) groups excluding carboxylic acids is 1. The molecule has 0 bridgehead atoms. The zero-order valence-corrected chi connectivity index (χ0v) is 11.9. The number of hydrogen-bond acceptors (Lipinski definition) is 2. The molecule has 3 heteroatoms. The van der Waals surface area contributed by atoms with E-state index in [1.807, 2.05) is 49.3 Å². The smallest absolute Gasteiger partial charge is 0.253 e. The summed E-state index contributed by atoms with van der Waals surface area (Å²) >= 11 is 0. The Kier molecular flexibility index (Phi) is 5.86. The summed E-state index contributed by atoms with van der Waals surface area (Å²) < 4.78 is 0. The lowest BCUT2D eigenvalue weighted by molar-refractivity contribution is 0.0724. The highest BCUT2D eigenvalue weighted by Crippen LogP contribution is 2.07. The van der Waals surface area contributed by atoms with Crippen LogP contribution in [0.5, 0.6) is 0 Å². The first-order chi connectivity index (χ1) is 8.50. The summed E-state index contributed by atoms with van der Waals surface area (Å²) in [6.45, 7) is 6.76. The molecule has 0 aliphatic heterocycles. The van der Waals surface area contributed by atoms with Gasteiger partial charge >= 0.3 is 0 Å². The van der Waals surface area contributed by atoms with Gasteiger partial charge in [0.25, 0.3) is 5.91 Å². The van der Waals surface area contributed by atoms with Crippen molar-refractivity contribution in [2.75, 3.05) is 33.7 Å². The summed E-state index contributed by atoms with van der Waals surface area (Å²) in [6.07, 6.45) is 0. The molecule has 0 N–H and O–H groups in total. The number of rotatable bonds is 6. The van der Waals surface area contributed by atoms with Crippen molar-refractivity contribution in [2.45, 2.75) is 13.8 Å². The van der Waals surface area contributed by atoms with Crippen molar-refractivity contribution in [3.63, 3.8) is 0 Å². The van der Waals surface area contributed by atoms with Crippen molar-refractivity contribution >= 4 is 5.91 Å². The highest BCUT2D eigenvalue weighted by Gasteiger charge is 2.16. The Bertz CT molecular complexity index is 360. The Morgan fingerprint density at radius 1 is 1.11 bits per heavy atom. The van der Waals surface area contributed by atoms with E-state index in [0.717, 1.165) is 25.2 Å². The van der Waals surface area contributed by atoms with Crippen LogP contribution in [0, 0.1) is 5.92 Å². The molecule has 0 aliphatic carbocycles. The first-order valence-corrected chi connectivity index (χ1v) is 6.49. The molecule has 0 saturated heterocycles. The number of amides is 1. The minimum Gasteiger partial charge on any atom is -0.337 e. The highest BCUT2D eigenvalue weighted by molar-refractivity contribution is 5.94. The van der Waals surface area contributed by atoms with E-state index >= 15 is 0 Å². The molecule has 0 aliphatic rings. The lowest BCUT2D eigenvalue weighted by Crippen LogP contribution is -2.38. The van der Waals surface area contributed by atoms with Crippen LogP contribution in [0.25, 0.3) is 0 Å². The molecule has 1 aromatic carbocycles. The van der Waals surface area contributed by atoms with E-state index in [4.69, 9.17) is 0 Å². The average molecular weight is 248 g/mol. The van der Waals surface area contributed by atoms with Gasteiger partial charge in [0.2, 0.25) is 0 Å². The van der Waals surface area contributed by atoms with Crippen LogP contribution in [-0.4, -0.2) is 49.4 Å². The maximum absolute atomic E-state index is 12.4. The number of nitrogens with zero attached hydrogens (tertiary/aromatic N) is 2. The van der Waals surface area contributed by atoms with Crippen LogP contribution in [0.4, 0.5) is 0 Å². The van der Waals surface area contributed by atoms with Gasteiger partial charge in [0.05, 0.1) is 0 Å². The van der Waals surface area contributed by atoms with Gasteiger partial charge in [-0.05, 0) is 32.1 Å². The topological polar surface area (TPSA) is 23.6 Å². The molecule has 1 amide bonds. The summed E-state index contributed by atoms with van der Waals surface area (Å²) in [5.74, 6) is 0.617. The van der Waals surface area contributed by atoms with E-state index < -0.39 is 0 Å². The fourth-order valence-electron chi connectivity index (χ4n) is 1.80. The van der Waals surface area contributed by atoms with Crippen LogP contribution in [0.3, 0.4) is 0 Å². The van der Waals surface area contributed by atoms with Gasteiger partial charge in [0, 0.05) is 25.2 Å². The van der Waals surface area contributed by atoms with E-state index in [0.29, 0.717) is 5.92 Å². The Labute approximate surface area is 110 Å². The molecular formula is C15H24N2O. The monoisotopic (exact) mass is 248 g/mol. The van der Waals surface area contributed by atoms with E-state index in [9.17, 15) is 4.79 Å². The average Bonchev–Trinajstić information content (AvgIpc) is 2.34. The third kappa shape index (κ3) is 4.88. The van der Waals surface area contributed by atoms with Crippen LogP contribution >= 0.6 is 0 Å². The Balaban J connectivity index is 2.72. The lowest BCUT2D eigenvalue weighted by atomic mass is 10.1. The van der Waals surface area contributed by atoms with Crippen molar-refractivity contribution in [3.8, 4) is 0 Å². The molecule has 3 nitrogen and oxygen atoms in total. The van der Waals surface area contributed by atoms with Gasteiger partial charge in [-0.3, -0.25) is 4.79 Å². The molecule has 0 aromatic heterocycles. The number of benzene rings is 1. The van der Waals surface area contributed by atoms with Crippen LogP contribution in [0.1, 0.15) is 24.2 Å². The molecular weight excluding hydrogens is 224 g/mol. The van der Waals surface area contributed by atoms with Crippen LogP contribution < -0.4 is 0 Å². The summed E-state index contributed by atoms with van der Waals surface area (Å²) in [6, 6.07) is 9.51. The second-order valence-corrected chi connectivity index (χ2v) is 5.31. The fourth-order valence-corrected chi connectivity index (χ4v) is 1.80. The zero-order chi connectivity index (χ0) is 13.5. The van der Waals surface area contributed by atoms with Crippen LogP contribution in [0.15, 0.2) is 30.3 Å². The van der Waals surface area contributed by atoms with Crippen LogP contribution in [0.2, 0.25) is 0 Å². The summed E-state index contributed by atoms with van der Waals surface area (Å²) in [5, 5.41) is 0. The minimum atomic E-state index is 0.131. The third-order valence-electron chi connectivity index (χ3n) is 2.71. The SMILES string of the molecule is CC(C)CN(CCN(C)C)C(=O)c1ccccc1. The van der Waals surface area contributed by atoms with Gasteiger partial charge in [-0.2, -0.15) is 0 Å². The molecule has 1 aromatic rings. The molecule has 0 heterocycles. The summed E-state index contributed by atoms with van der Waals surface area (Å²) in [5.41, 5.74) is 0.775. The standard InChI is InChI=1S/C15H24N2O/c1-13(2)12-17(11-10-16(3)4)15(18)14-8-6-5-7-9-14/h5-9,13H,10-12H2,1-4H3. The molecule has 0 spiro atoms. The van der Waals surface area contributed by atoms with Gasteiger partial charge in [0.15, 0.2) is 0 Å². The summed E-state index contributed by atoms with van der Waals surface area (Å²) in [4.78, 5) is 16.4. The van der Waals surface area contributed by atoms with Gasteiger partial charge in [-0.25, -0.2) is 0 Å². The molecule has 100 valence electrons. The fraction of sp³-hybridized carbons (Fsp3) is 0.533. The Hall–Kier alpha value is -1.35. The van der Waals surface area contributed by atoms with E-state index in [1.165, 1.54) is 0 Å². The first kappa shape index (κ1) is 14.7. The predicted molar refractivity (Wildman–Crippen MR) is 75.7 cm³/mol. The van der Waals surface area contributed by atoms with Gasteiger partial charge in [-0.1, -0.05) is 32.0 Å². The largest absolute Gasteiger partial charge is 0.337 e. The first-order valence-electron chi connectivity index (χ1n) is 6.49. The summed E-state index contributed by atoms with van der Waals surface area (Å²) in [7, 11) is 4.06. The number of likely N-dealkylation sites (N-methyl/N-ethyl adjacent to an activating group) is 1. The molecule has 18 heavy (non-hydrogen) atoms. The number of hydrogen-bond donors (Lipinski definition) is 0. The zero-order valence-electron chi connectivity index (χ0n) is 11.9. The lowest BCUT2D eigenvalue weighted by Gasteiger charge is -2.26. The number of carbonyl (C=O) groups is 1. The second-order valence-electron chi connectivity index (χ2n) is 5.31. The van der Waals surface area contributed by atoms with Crippen molar-refractivity contribution < 1.29 is 4.79 Å². The third-order valence-corrected chi connectivity index (χ3v) is 2.71. The Morgan fingerprint density at radius 3 is 2.22 bits per heavy atom.